The number of halogens is 1. The normalized spacial score (nSPS) is 48.4. The lowest BCUT2D eigenvalue weighted by Crippen LogP contribution is -2.70. The standard InChI is InChI=1S/C25H35FO8S/c1-21(2)33-20-11-17-16-7-6-14-10-15(27)8-9-22(14,3)24(16,26)18(28)12-23(17,4)25(20,34-21)19(29)13-32-35(5,30)31/h10,16-18,20,28H,6-9,11-13H2,1-5H3/t16-,17-,18-,20+,22-,23-,24-,25?/m0/s1. The molecule has 0 radical (unpaired) electrons. The highest BCUT2D eigenvalue weighted by Gasteiger charge is 2.80. The maximum atomic E-state index is 17.4. The Morgan fingerprint density at radius 3 is 2.57 bits per heavy atom. The summed E-state index contributed by atoms with van der Waals surface area (Å²) in [6.07, 6.45) is 2.16. The molecule has 1 heterocycles. The molecule has 5 rings (SSSR count). The Kier molecular flexibility index (Phi) is 5.40. The van der Waals surface area contributed by atoms with Crippen molar-refractivity contribution in [1.82, 2.24) is 0 Å². The van der Waals surface area contributed by atoms with Crippen LogP contribution in [0.5, 0.6) is 0 Å². The molecular formula is C25H35FO8S. The van der Waals surface area contributed by atoms with Gasteiger partial charge in [0, 0.05) is 23.2 Å². The third-order valence-corrected chi connectivity index (χ3v) is 10.4. The first kappa shape index (κ1) is 25.4. The second-order valence-corrected chi connectivity index (χ2v) is 13.7. The fourth-order valence-corrected chi connectivity index (χ4v) is 8.76. The van der Waals surface area contributed by atoms with Gasteiger partial charge >= 0.3 is 0 Å². The second kappa shape index (κ2) is 7.43. The number of alkyl halides is 1. The molecule has 1 aliphatic heterocycles. The van der Waals surface area contributed by atoms with Crippen LogP contribution in [0, 0.1) is 22.7 Å². The Labute approximate surface area is 205 Å². The predicted molar refractivity (Wildman–Crippen MR) is 122 cm³/mol. The highest BCUT2D eigenvalue weighted by atomic mass is 32.2. The van der Waals surface area contributed by atoms with Gasteiger partial charge in [-0.3, -0.25) is 13.8 Å². The molecule has 5 aliphatic rings. The molecule has 0 bridgehead atoms. The van der Waals surface area contributed by atoms with Crippen LogP contribution in [0.25, 0.3) is 0 Å². The largest absolute Gasteiger partial charge is 0.390 e. The van der Waals surface area contributed by atoms with Gasteiger partial charge in [0.15, 0.2) is 23.0 Å². The number of Topliss-reactive ketones (excluding diaryl/α,β-unsaturated/α-hetero) is 1. The molecule has 1 saturated heterocycles. The van der Waals surface area contributed by atoms with Crippen molar-refractivity contribution in [3.63, 3.8) is 0 Å². The molecule has 1 N–H and O–H groups in total. The van der Waals surface area contributed by atoms with E-state index in [1.807, 2.05) is 13.8 Å². The van der Waals surface area contributed by atoms with E-state index in [1.54, 1.807) is 19.9 Å². The highest BCUT2D eigenvalue weighted by molar-refractivity contribution is 7.86. The Morgan fingerprint density at radius 1 is 1.23 bits per heavy atom. The maximum Gasteiger partial charge on any atom is 0.264 e. The predicted octanol–water partition coefficient (Wildman–Crippen LogP) is 2.63. The van der Waals surface area contributed by atoms with Crippen LogP contribution in [0.4, 0.5) is 4.39 Å². The minimum atomic E-state index is -3.88. The van der Waals surface area contributed by atoms with Crippen molar-refractivity contribution >= 4 is 21.7 Å². The maximum absolute atomic E-state index is 17.4. The van der Waals surface area contributed by atoms with Crippen molar-refractivity contribution in [2.75, 3.05) is 12.9 Å². The van der Waals surface area contributed by atoms with Gasteiger partial charge in [-0.2, -0.15) is 8.42 Å². The topological polar surface area (TPSA) is 116 Å². The number of aliphatic hydroxyl groups is 1. The van der Waals surface area contributed by atoms with Gasteiger partial charge in [0.05, 0.1) is 18.5 Å². The first-order valence-corrected chi connectivity index (χ1v) is 14.2. The molecule has 8 atom stereocenters. The van der Waals surface area contributed by atoms with Crippen LogP contribution in [-0.2, 0) is 33.4 Å². The zero-order chi connectivity index (χ0) is 25.8. The van der Waals surface area contributed by atoms with Gasteiger partial charge in [-0.15, -0.1) is 0 Å². The van der Waals surface area contributed by atoms with E-state index in [9.17, 15) is 23.1 Å². The van der Waals surface area contributed by atoms with Crippen LogP contribution >= 0.6 is 0 Å². The average molecular weight is 515 g/mol. The lowest BCUT2D eigenvalue weighted by molar-refractivity contribution is -0.251. The van der Waals surface area contributed by atoms with Gasteiger partial charge in [0.1, 0.15) is 12.3 Å². The van der Waals surface area contributed by atoms with E-state index < -0.39 is 68.5 Å². The molecule has 0 aromatic heterocycles. The number of aliphatic hydroxyl groups excluding tert-OH is 1. The van der Waals surface area contributed by atoms with Gasteiger partial charge in [0.25, 0.3) is 10.1 Å². The molecule has 0 aromatic carbocycles. The van der Waals surface area contributed by atoms with Crippen LogP contribution in [0.15, 0.2) is 11.6 Å². The van der Waals surface area contributed by atoms with E-state index in [2.05, 4.69) is 0 Å². The van der Waals surface area contributed by atoms with Crippen molar-refractivity contribution < 1.29 is 41.2 Å². The number of ether oxygens (including phenoxy) is 2. The number of hydrogen-bond donors (Lipinski definition) is 1. The highest BCUT2D eigenvalue weighted by Crippen LogP contribution is 2.72. The number of ketones is 2. The molecule has 4 fully saturated rings. The number of carbonyl (C=O) groups excluding carboxylic acids is 2. The van der Waals surface area contributed by atoms with E-state index in [0.717, 1.165) is 11.8 Å². The Morgan fingerprint density at radius 2 is 1.91 bits per heavy atom. The molecule has 3 saturated carbocycles. The summed E-state index contributed by atoms with van der Waals surface area (Å²) in [5.41, 5.74) is -4.77. The smallest absolute Gasteiger partial charge is 0.264 e. The number of rotatable bonds is 4. The summed E-state index contributed by atoms with van der Waals surface area (Å²) in [5, 5.41) is 11.5. The molecule has 0 spiro atoms. The summed E-state index contributed by atoms with van der Waals surface area (Å²) in [7, 11) is -3.88. The minimum absolute atomic E-state index is 0.00971. The van der Waals surface area contributed by atoms with Crippen molar-refractivity contribution in [1.29, 1.82) is 0 Å². The van der Waals surface area contributed by atoms with E-state index in [1.165, 1.54) is 0 Å². The quantitative estimate of drug-likeness (QED) is 0.569. The molecule has 10 heteroatoms. The molecular weight excluding hydrogens is 479 g/mol. The Balaban J connectivity index is 1.59. The van der Waals surface area contributed by atoms with Crippen LogP contribution in [0.3, 0.4) is 0 Å². The minimum Gasteiger partial charge on any atom is -0.390 e. The van der Waals surface area contributed by atoms with Crippen LogP contribution < -0.4 is 0 Å². The fourth-order valence-electron chi connectivity index (χ4n) is 8.44. The van der Waals surface area contributed by atoms with Gasteiger partial charge in [-0.1, -0.05) is 19.4 Å². The Bertz CT molecular complexity index is 1120. The number of fused-ring (bicyclic) bond motifs is 7. The van der Waals surface area contributed by atoms with Crippen LogP contribution in [0.2, 0.25) is 0 Å². The van der Waals surface area contributed by atoms with Gasteiger partial charge in [-0.05, 0) is 57.9 Å². The lowest BCUT2D eigenvalue weighted by Gasteiger charge is -2.63. The fraction of sp³-hybridized carbons (Fsp3) is 0.840. The zero-order valence-electron chi connectivity index (χ0n) is 20.9. The van der Waals surface area contributed by atoms with Gasteiger partial charge in [-0.25, -0.2) is 4.39 Å². The third-order valence-electron chi connectivity index (χ3n) is 9.85. The van der Waals surface area contributed by atoms with E-state index >= 15 is 4.39 Å². The Hall–Kier alpha value is -1.20. The number of carbonyl (C=O) groups is 2. The van der Waals surface area contributed by atoms with E-state index in [4.69, 9.17) is 13.7 Å². The van der Waals surface area contributed by atoms with Gasteiger partial charge < -0.3 is 14.6 Å². The summed E-state index contributed by atoms with van der Waals surface area (Å²) in [4.78, 5) is 25.8. The number of allylic oxidation sites excluding steroid dienone is 1. The summed E-state index contributed by atoms with van der Waals surface area (Å²) in [6.45, 7) is 6.31. The summed E-state index contributed by atoms with van der Waals surface area (Å²) in [5.74, 6) is -2.63. The molecule has 0 amide bonds. The molecule has 8 nitrogen and oxygen atoms in total. The van der Waals surface area contributed by atoms with Crippen molar-refractivity contribution in [2.45, 2.75) is 95.5 Å². The summed E-state index contributed by atoms with van der Waals surface area (Å²) >= 11 is 0. The van der Waals surface area contributed by atoms with Crippen molar-refractivity contribution in [3.05, 3.63) is 11.6 Å². The van der Waals surface area contributed by atoms with Crippen LogP contribution in [0.1, 0.15) is 66.2 Å². The number of hydrogen-bond acceptors (Lipinski definition) is 8. The third kappa shape index (κ3) is 3.25. The van der Waals surface area contributed by atoms with Gasteiger partial charge in [0.2, 0.25) is 0 Å². The SMILES string of the molecule is CC1(C)O[C@@H]2C[C@H]3[C@@H]4CCC5=CC(=O)CC[C@]5(C)[C@@]4(F)[C@@H](O)C[C@]3(C)C2(C(=O)COS(C)(=O)=O)O1. The lowest BCUT2D eigenvalue weighted by atomic mass is 9.44. The molecule has 4 aliphatic carbocycles. The summed E-state index contributed by atoms with van der Waals surface area (Å²) < 4.78 is 58.0. The van der Waals surface area contributed by atoms with Crippen molar-refractivity contribution in [2.24, 2.45) is 22.7 Å². The average Bonchev–Trinajstić information content (AvgIpc) is 3.14. The summed E-state index contributed by atoms with van der Waals surface area (Å²) in [6, 6.07) is 0. The second-order valence-electron chi connectivity index (χ2n) is 12.1. The van der Waals surface area contributed by atoms with E-state index in [-0.39, 0.29) is 24.5 Å². The first-order chi connectivity index (χ1) is 16.0. The molecule has 196 valence electrons. The van der Waals surface area contributed by atoms with E-state index in [0.29, 0.717) is 25.7 Å². The monoisotopic (exact) mass is 514 g/mol. The zero-order valence-corrected chi connectivity index (χ0v) is 21.7. The molecule has 35 heavy (non-hydrogen) atoms. The van der Waals surface area contributed by atoms with Crippen LogP contribution in [-0.4, -0.2) is 67.2 Å². The first-order valence-electron chi connectivity index (χ1n) is 12.4. The molecule has 0 aromatic rings. The van der Waals surface area contributed by atoms with Crippen molar-refractivity contribution in [3.8, 4) is 0 Å². The molecule has 1 unspecified atom stereocenters.